The van der Waals surface area contributed by atoms with Crippen LogP contribution in [0, 0.1) is 11.3 Å². The van der Waals surface area contributed by atoms with E-state index in [1.807, 2.05) is 19.2 Å². The second-order valence-electron chi connectivity index (χ2n) is 3.71. The molecule has 1 saturated carbocycles. The number of hydrogen-bond acceptors (Lipinski definition) is 3. The maximum absolute atomic E-state index is 8.98. The van der Waals surface area contributed by atoms with Crippen LogP contribution in [0.5, 0.6) is 0 Å². The molecule has 0 atom stereocenters. The quantitative estimate of drug-likeness (QED) is 0.833. The van der Waals surface area contributed by atoms with Crippen LogP contribution in [0.3, 0.4) is 0 Å². The summed E-state index contributed by atoms with van der Waals surface area (Å²) in [5, 5.41) is 8.98. The van der Waals surface area contributed by atoms with Gasteiger partial charge in [-0.15, -0.1) is 0 Å². The summed E-state index contributed by atoms with van der Waals surface area (Å²) in [5.41, 5.74) is -0.223. The normalized spacial score (nSPS) is 18.1. The number of hydrogen-bond donors (Lipinski definition) is 0. The molecule has 1 aliphatic rings. The van der Waals surface area contributed by atoms with Gasteiger partial charge in [0.05, 0.1) is 12.6 Å². The molecule has 2 rings (SSSR count). The first-order valence-corrected chi connectivity index (χ1v) is 5.32. The highest BCUT2D eigenvalue weighted by atomic mass is 79.9. The predicted molar refractivity (Wildman–Crippen MR) is 55.5 cm³/mol. The molecule has 3 nitrogen and oxygen atoms in total. The molecule has 1 aromatic rings. The first-order chi connectivity index (χ1) is 6.66. The Morgan fingerprint density at radius 1 is 1.64 bits per heavy atom. The van der Waals surface area contributed by atoms with E-state index in [4.69, 9.17) is 9.68 Å². The highest BCUT2D eigenvalue weighted by molar-refractivity contribution is 9.10. The molecule has 1 aliphatic carbocycles. The van der Waals surface area contributed by atoms with Crippen LogP contribution in [0.4, 0.5) is 0 Å². The Kier molecular flexibility index (Phi) is 2.38. The third-order valence-corrected chi connectivity index (χ3v) is 3.11. The molecular formula is C10H11BrN2O. The van der Waals surface area contributed by atoms with Gasteiger partial charge >= 0.3 is 0 Å². The Hall–Kier alpha value is -0.790. The molecule has 0 unspecified atom stereocenters. The van der Waals surface area contributed by atoms with E-state index in [2.05, 4.69) is 26.9 Å². The van der Waals surface area contributed by atoms with Crippen LogP contribution < -0.4 is 0 Å². The minimum absolute atomic E-state index is 0.223. The molecule has 0 amide bonds. The second-order valence-corrected chi connectivity index (χ2v) is 4.49. The maximum atomic E-state index is 8.98. The van der Waals surface area contributed by atoms with E-state index >= 15 is 0 Å². The molecule has 4 heteroatoms. The lowest BCUT2D eigenvalue weighted by molar-refractivity contribution is 0.238. The van der Waals surface area contributed by atoms with Crippen molar-refractivity contribution in [2.24, 2.45) is 0 Å². The van der Waals surface area contributed by atoms with Crippen LogP contribution in [-0.4, -0.2) is 17.5 Å². The highest BCUT2D eigenvalue weighted by Crippen LogP contribution is 2.40. The summed E-state index contributed by atoms with van der Waals surface area (Å²) in [4.78, 5) is 2.05. The molecule has 74 valence electrons. The van der Waals surface area contributed by atoms with Crippen molar-refractivity contribution < 1.29 is 4.42 Å². The summed E-state index contributed by atoms with van der Waals surface area (Å²) in [7, 11) is 1.96. The Balaban J connectivity index is 2.02. The van der Waals surface area contributed by atoms with Crippen LogP contribution in [0.2, 0.25) is 0 Å². The molecular weight excluding hydrogens is 244 g/mol. The van der Waals surface area contributed by atoms with E-state index in [0.29, 0.717) is 6.54 Å². The zero-order valence-electron chi connectivity index (χ0n) is 7.96. The first kappa shape index (κ1) is 9.75. The van der Waals surface area contributed by atoms with Crippen molar-refractivity contribution in [2.75, 3.05) is 7.05 Å². The molecule has 1 fully saturated rings. The maximum Gasteiger partial charge on any atom is 0.169 e. The van der Waals surface area contributed by atoms with Crippen LogP contribution in [0.25, 0.3) is 0 Å². The van der Waals surface area contributed by atoms with E-state index in [1.54, 1.807) is 0 Å². The number of nitrogens with zero attached hydrogens (tertiary/aromatic N) is 2. The molecule has 1 heterocycles. The molecule has 0 aliphatic heterocycles. The number of halogens is 1. The molecule has 0 radical (unpaired) electrons. The zero-order chi connectivity index (χ0) is 10.2. The Labute approximate surface area is 91.4 Å². The fourth-order valence-electron chi connectivity index (χ4n) is 1.52. The van der Waals surface area contributed by atoms with Crippen LogP contribution in [-0.2, 0) is 6.54 Å². The Bertz CT molecular complexity index is 376. The molecule has 0 N–H and O–H groups in total. The Morgan fingerprint density at radius 2 is 2.36 bits per heavy atom. The molecule has 14 heavy (non-hydrogen) atoms. The third-order valence-electron chi connectivity index (χ3n) is 2.68. The van der Waals surface area contributed by atoms with E-state index in [9.17, 15) is 0 Å². The zero-order valence-corrected chi connectivity index (χ0v) is 9.54. The average molecular weight is 255 g/mol. The van der Waals surface area contributed by atoms with Crippen molar-refractivity contribution in [3.8, 4) is 6.07 Å². The SMILES string of the molecule is CN(Cc1ccc(Br)o1)C1(C#N)CC1. The molecule has 1 aromatic heterocycles. The van der Waals surface area contributed by atoms with Gasteiger partial charge < -0.3 is 4.42 Å². The van der Waals surface area contributed by atoms with Gasteiger partial charge in [-0.3, -0.25) is 4.90 Å². The van der Waals surface area contributed by atoms with Gasteiger partial charge in [0.1, 0.15) is 11.3 Å². The standard InChI is InChI=1S/C10H11BrN2O/c1-13(10(7-12)4-5-10)6-8-2-3-9(11)14-8/h2-3H,4-6H2,1H3. The van der Waals surface area contributed by atoms with E-state index in [0.717, 1.165) is 23.3 Å². The lowest BCUT2D eigenvalue weighted by Crippen LogP contribution is -2.31. The highest BCUT2D eigenvalue weighted by Gasteiger charge is 2.47. The van der Waals surface area contributed by atoms with E-state index < -0.39 is 0 Å². The van der Waals surface area contributed by atoms with E-state index in [1.165, 1.54) is 0 Å². The van der Waals surface area contributed by atoms with Crippen molar-refractivity contribution in [1.29, 1.82) is 5.26 Å². The van der Waals surface area contributed by atoms with Crippen molar-refractivity contribution in [2.45, 2.75) is 24.9 Å². The number of rotatable bonds is 3. The summed E-state index contributed by atoms with van der Waals surface area (Å²) in [5.74, 6) is 0.890. The third kappa shape index (κ3) is 1.70. The van der Waals surface area contributed by atoms with Gasteiger partial charge in [0.2, 0.25) is 0 Å². The smallest absolute Gasteiger partial charge is 0.169 e. The van der Waals surface area contributed by atoms with Crippen LogP contribution in [0.1, 0.15) is 18.6 Å². The van der Waals surface area contributed by atoms with Gasteiger partial charge in [-0.2, -0.15) is 5.26 Å². The van der Waals surface area contributed by atoms with Gasteiger partial charge in [0, 0.05) is 0 Å². The Morgan fingerprint density at radius 3 is 2.79 bits per heavy atom. The summed E-state index contributed by atoms with van der Waals surface area (Å²) >= 11 is 3.26. The fraction of sp³-hybridized carbons (Fsp3) is 0.500. The average Bonchev–Trinajstić information content (AvgIpc) is 2.87. The topological polar surface area (TPSA) is 40.2 Å². The molecule has 0 spiro atoms. The fourth-order valence-corrected chi connectivity index (χ4v) is 1.86. The number of furan rings is 1. The lowest BCUT2D eigenvalue weighted by Gasteiger charge is -2.19. The summed E-state index contributed by atoms with van der Waals surface area (Å²) < 4.78 is 6.13. The van der Waals surface area contributed by atoms with Crippen LogP contribution >= 0.6 is 15.9 Å². The van der Waals surface area contributed by atoms with Gasteiger partial charge in [0.25, 0.3) is 0 Å². The summed E-state index contributed by atoms with van der Waals surface area (Å²) in [6.07, 6.45) is 1.95. The number of nitriles is 1. The van der Waals surface area contributed by atoms with Crippen LogP contribution in [0.15, 0.2) is 21.2 Å². The largest absolute Gasteiger partial charge is 0.453 e. The molecule has 0 aromatic carbocycles. The van der Waals surface area contributed by atoms with Crippen molar-refractivity contribution >= 4 is 15.9 Å². The minimum atomic E-state index is -0.223. The van der Waals surface area contributed by atoms with Crippen molar-refractivity contribution in [3.63, 3.8) is 0 Å². The minimum Gasteiger partial charge on any atom is -0.453 e. The van der Waals surface area contributed by atoms with Gasteiger partial charge in [-0.1, -0.05) is 0 Å². The molecule has 0 saturated heterocycles. The van der Waals surface area contributed by atoms with Gasteiger partial charge in [-0.05, 0) is 48.0 Å². The first-order valence-electron chi connectivity index (χ1n) is 4.53. The molecule has 0 bridgehead atoms. The lowest BCUT2D eigenvalue weighted by atomic mass is 10.2. The van der Waals surface area contributed by atoms with Crippen molar-refractivity contribution in [1.82, 2.24) is 4.90 Å². The van der Waals surface area contributed by atoms with Gasteiger partial charge in [0.15, 0.2) is 4.67 Å². The summed E-state index contributed by atoms with van der Waals surface area (Å²) in [6, 6.07) is 6.15. The van der Waals surface area contributed by atoms with Crippen molar-refractivity contribution in [3.05, 3.63) is 22.6 Å². The predicted octanol–water partition coefficient (Wildman–Crippen LogP) is 2.53. The summed E-state index contributed by atoms with van der Waals surface area (Å²) in [6.45, 7) is 0.694. The van der Waals surface area contributed by atoms with E-state index in [-0.39, 0.29) is 5.54 Å². The second kappa shape index (κ2) is 3.41. The monoisotopic (exact) mass is 254 g/mol. The van der Waals surface area contributed by atoms with Gasteiger partial charge in [-0.25, -0.2) is 0 Å².